The maximum atomic E-state index is 4.32. The fourth-order valence-corrected chi connectivity index (χ4v) is 2.22. The molecule has 14 heavy (non-hydrogen) atoms. The molecule has 2 nitrogen and oxygen atoms in total. The number of nitrogens with zero attached hydrogens (tertiary/aromatic N) is 1. The monoisotopic (exact) mass is 212 g/mol. The van der Waals surface area contributed by atoms with E-state index in [4.69, 9.17) is 0 Å². The number of likely N-dealkylation sites (N-methyl/N-ethyl adjacent to an activating group) is 1. The number of thiazole rings is 1. The van der Waals surface area contributed by atoms with E-state index in [0.29, 0.717) is 6.04 Å². The van der Waals surface area contributed by atoms with Crippen LogP contribution in [0, 0.1) is 5.92 Å². The van der Waals surface area contributed by atoms with Gasteiger partial charge in [0.15, 0.2) is 0 Å². The van der Waals surface area contributed by atoms with E-state index >= 15 is 0 Å². The third-order valence-electron chi connectivity index (χ3n) is 2.70. The number of rotatable bonds is 6. The lowest BCUT2D eigenvalue weighted by Gasteiger charge is -2.18. The maximum Gasteiger partial charge on any atom is 0.0940 e. The van der Waals surface area contributed by atoms with Crippen LogP contribution in [0.3, 0.4) is 0 Å². The van der Waals surface area contributed by atoms with E-state index in [2.05, 4.69) is 24.1 Å². The third-order valence-corrected chi connectivity index (χ3v) is 3.50. The van der Waals surface area contributed by atoms with Crippen molar-refractivity contribution in [2.45, 2.75) is 39.2 Å². The highest BCUT2D eigenvalue weighted by molar-refractivity contribution is 7.09. The Morgan fingerprint density at radius 1 is 1.57 bits per heavy atom. The minimum atomic E-state index is 0.580. The molecule has 0 saturated carbocycles. The summed E-state index contributed by atoms with van der Waals surface area (Å²) in [6.45, 7) is 4.56. The summed E-state index contributed by atoms with van der Waals surface area (Å²) in [6, 6.07) is 0.580. The highest BCUT2D eigenvalue weighted by Gasteiger charge is 2.11. The van der Waals surface area contributed by atoms with Gasteiger partial charge in [-0.1, -0.05) is 20.3 Å². The Morgan fingerprint density at radius 2 is 2.36 bits per heavy atom. The van der Waals surface area contributed by atoms with Crippen molar-refractivity contribution in [3.8, 4) is 0 Å². The van der Waals surface area contributed by atoms with Crippen molar-refractivity contribution in [2.75, 3.05) is 7.05 Å². The molecule has 80 valence electrons. The molecule has 0 amide bonds. The molecule has 1 N–H and O–H groups in total. The molecule has 0 aliphatic heterocycles. The molecule has 1 rings (SSSR count). The van der Waals surface area contributed by atoms with Crippen LogP contribution < -0.4 is 5.32 Å². The molecule has 0 spiro atoms. The molecule has 2 atom stereocenters. The summed E-state index contributed by atoms with van der Waals surface area (Å²) in [5, 5.41) is 6.66. The second-order valence-corrected chi connectivity index (χ2v) is 4.84. The van der Waals surface area contributed by atoms with E-state index in [1.165, 1.54) is 17.8 Å². The van der Waals surface area contributed by atoms with Gasteiger partial charge in [-0.15, -0.1) is 11.3 Å². The van der Waals surface area contributed by atoms with Crippen molar-refractivity contribution in [3.05, 3.63) is 16.6 Å². The van der Waals surface area contributed by atoms with E-state index < -0.39 is 0 Å². The zero-order valence-corrected chi connectivity index (χ0v) is 10.1. The lowest BCUT2D eigenvalue weighted by molar-refractivity contribution is 0.410. The Balaban J connectivity index is 2.39. The molecule has 3 heteroatoms. The normalized spacial score (nSPS) is 15.4. The van der Waals surface area contributed by atoms with Crippen molar-refractivity contribution < 1.29 is 0 Å². The summed E-state index contributed by atoms with van der Waals surface area (Å²) >= 11 is 1.75. The van der Waals surface area contributed by atoms with Gasteiger partial charge in [0.2, 0.25) is 0 Å². The fourth-order valence-electron chi connectivity index (χ4n) is 1.52. The first-order chi connectivity index (χ1) is 6.76. The van der Waals surface area contributed by atoms with E-state index in [-0.39, 0.29) is 0 Å². The minimum absolute atomic E-state index is 0.580. The van der Waals surface area contributed by atoms with Gasteiger partial charge in [0.25, 0.3) is 0 Å². The van der Waals surface area contributed by atoms with E-state index in [9.17, 15) is 0 Å². The molecule has 0 bridgehead atoms. The zero-order chi connectivity index (χ0) is 10.4. The van der Waals surface area contributed by atoms with E-state index in [1.807, 2.05) is 18.6 Å². The summed E-state index contributed by atoms with van der Waals surface area (Å²) < 4.78 is 0. The van der Waals surface area contributed by atoms with Crippen LogP contribution in [0.25, 0.3) is 0 Å². The Bertz CT molecular complexity index is 233. The first kappa shape index (κ1) is 11.7. The van der Waals surface area contributed by atoms with Crippen molar-refractivity contribution in [1.29, 1.82) is 0 Å². The summed E-state index contributed by atoms with van der Waals surface area (Å²) in [5.41, 5.74) is 0. The first-order valence-electron chi connectivity index (χ1n) is 5.31. The molecule has 0 radical (unpaired) electrons. The molecule has 1 aromatic heterocycles. The summed E-state index contributed by atoms with van der Waals surface area (Å²) in [4.78, 5) is 4.32. The average molecular weight is 212 g/mol. The van der Waals surface area contributed by atoms with E-state index in [1.54, 1.807) is 11.3 Å². The average Bonchev–Trinajstić information content (AvgIpc) is 2.69. The van der Waals surface area contributed by atoms with E-state index in [0.717, 1.165) is 12.3 Å². The number of hydrogen-bond acceptors (Lipinski definition) is 3. The lowest BCUT2D eigenvalue weighted by Crippen LogP contribution is -2.29. The molecular formula is C11H20N2S. The summed E-state index contributed by atoms with van der Waals surface area (Å²) in [6.07, 6.45) is 5.46. The second-order valence-electron chi connectivity index (χ2n) is 3.86. The molecular weight excluding hydrogens is 192 g/mol. The Kier molecular flexibility index (Phi) is 5.12. The molecule has 0 saturated heterocycles. The quantitative estimate of drug-likeness (QED) is 0.784. The number of aromatic nitrogens is 1. The third kappa shape index (κ3) is 3.76. The van der Waals surface area contributed by atoms with Gasteiger partial charge < -0.3 is 5.32 Å². The SMILES string of the molecule is CCC(C)CC(Cc1nccs1)NC. The molecule has 0 fully saturated rings. The van der Waals surface area contributed by atoms with Crippen molar-refractivity contribution >= 4 is 11.3 Å². The van der Waals surface area contributed by atoms with Crippen LogP contribution in [-0.2, 0) is 6.42 Å². The lowest BCUT2D eigenvalue weighted by atomic mass is 9.98. The van der Waals surface area contributed by atoms with Gasteiger partial charge in [-0.25, -0.2) is 4.98 Å². The minimum Gasteiger partial charge on any atom is -0.317 e. The predicted molar refractivity (Wildman–Crippen MR) is 62.7 cm³/mol. The van der Waals surface area contributed by atoms with Gasteiger partial charge in [0, 0.05) is 24.0 Å². The van der Waals surface area contributed by atoms with Crippen LogP contribution in [0.2, 0.25) is 0 Å². The number of hydrogen-bond donors (Lipinski definition) is 1. The molecule has 0 aliphatic rings. The van der Waals surface area contributed by atoms with Crippen molar-refractivity contribution in [3.63, 3.8) is 0 Å². The van der Waals surface area contributed by atoms with Gasteiger partial charge in [-0.05, 0) is 19.4 Å². The largest absolute Gasteiger partial charge is 0.317 e. The van der Waals surface area contributed by atoms with Crippen LogP contribution in [0.1, 0.15) is 31.7 Å². The first-order valence-corrected chi connectivity index (χ1v) is 6.19. The van der Waals surface area contributed by atoms with Crippen molar-refractivity contribution in [2.24, 2.45) is 5.92 Å². The Morgan fingerprint density at radius 3 is 2.86 bits per heavy atom. The Hall–Kier alpha value is -0.410. The predicted octanol–water partition coefficient (Wildman–Crippen LogP) is 2.71. The smallest absolute Gasteiger partial charge is 0.0940 e. The summed E-state index contributed by atoms with van der Waals surface area (Å²) in [5.74, 6) is 0.799. The maximum absolute atomic E-state index is 4.32. The molecule has 0 aliphatic carbocycles. The van der Waals surface area contributed by atoms with Crippen LogP contribution >= 0.6 is 11.3 Å². The molecule has 1 aromatic rings. The van der Waals surface area contributed by atoms with Crippen LogP contribution in [-0.4, -0.2) is 18.1 Å². The van der Waals surface area contributed by atoms with Gasteiger partial charge in [0.1, 0.15) is 0 Å². The second kappa shape index (κ2) is 6.14. The van der Waals surface area contributed by atoms with Crippen LogP contribution in [0.5, 0.6) is 0 Å². The fraction of sp³-hybridized carbons (Fsp3) is 0.727. The standard InChI is InChI=1S/C11H20N2S/c1-4-9(2)7-10(12-3)8-11-13-5-6-14-11/h5-6,9-10,12H,4,7-8H2,1-3H3. The topological polar surface area (TPSA) is 24.9 Å². The Labute approximate surface area is 90.8 Å². The highest BCUT2D eigenvalue weighted by Crippen LogP contribution is 2.14. The van der Waals surface area contributed by atoms with Crippen LogP contribution in [0.4, 0.5) is 0 Å². The van der Waals surface area contributed by atoms with Gasteiger partial charge >= 0.3 is 0 Å². The molecule has 2 unspecified atom stereocenters. The zero-order valence-electron chi connectivity index (χ0n) is 9.29. The van der Waals surface area contributed by atoms with Gasteiger partial charge in [-0.2, -0.15) is 0 Å². The van der Waals surface area contributed by atoms with Gasteiger partial charge in [-0.3, -0.25) is 0 Å². The van der Waals surface area contributed by atoms with Gasteiger partial charge in [0.05, 0.1) is 5.01 Å². The van der Waals surface area contributed by atoms with Crippen LogP contribution in [0.15, 0.2) is 11.6 Å². The van der Waals surface area contributed by atoms with Crippen molar-refractivity contribution in [1.82, 2.24) is 10.3 Å². The molecule has 1 heterocycles. The summed E-state index contributed by atoms with van der Waals surface area (Å²) in [7, 11) is 2.04. The number of nitrogens with one attached hydrogen (secondary N) is 1. The highest BCUT2D eigenvalue weighted by atomic mass is 32.1. The molecule has 0 aromatic carbocycles.